The molecule has 3 atom stereocenters. The average Bonchev–Trinajstić information content (AvgIpc) is 2.52. The predicted molar refractivity (Wildman–Crippen MR) is 92.9 cm³/mol. The molecule has 0 spiro atoms. The quantitative estimate of drug-likeness (QED) is 0.708. The molecule has 0 aliphatic heterocycles. The van der Waals surface area contributed by atoms with Crippen molar-refractivity contribution < 1.29 is 23.5 Å². The maximum atomic E-state index is 13.0. The second-order valence-corrected chi connectivity index (χ2v) is 7.46. The molecule has 25 heavy (non-hydrogen) atoms. The molecule has 1 saturated carbocycles. The molecule has 0 radical (unpaired) electrons. The minimum Gasteiger partial charge on any atom is -0.460 e. The number of halogens is 2. The van der Waals surface area contributed by atoms with Crippen LogP contribution in [0.15, 0.2) is 18.2 Å². The lowest BCUT2D eigenvalue weighted by atomic mass is 9.75. The number of carbonyl (C=O) groups excluding carboxylic acids is 2. The van der Waals surface area contributed by atoms with Gasteiger partial charge in [0.1, 0.15) is 11.9 Å². The van der Waals surface area contributed by atoms with E-state index in [1.165, 1.54) is 6.07 Å². The first-order chi connectivity index (χ1) is 11.8. The molecule has 0 aromatic heterocycles. The van der Waals surface area contributed by atoms with E-state index in [9.17, 15) is 14.0 Å². The van der Waals surface area contributed by atoms with E-state index < -0.39 is 24.4 Å². The van der Waals surface area contributed by atoms with Gasteiger partial charge in [0.05, 0.1) is 10.6 Å². The Bertz CT molecular complexity index is 632. The number of esters is 2. The van der Waals surface area contributed by atoms with Crippen LogP contribution in [0.5, 0.6) is 0 Å². The van der Waals surface area contributed by atoms with Gasteiger partial charge >= 0.3 is 11.9 Å². The summed E-state index contributed by atoms with van der Waals surface area (Å²) in [6.07, 6.45) is 2.84. The van der Waals surface area contributed by atoms with Gasteiger partial charge in [0, 0.05) is 0 Å². The molecule has 6 heteroatoms. The highest BCUT2D eigenvalue weighted by molar-refractivity contribution is 6.33. The topological polar surface area (TPSA) is 52.6 Å². The normalized spacial score (nSPS) is 23.4. The molecule has 1 aromatic carbocycles. The van der Waals surface area contributed by atoms with Gasteiger partial charge in [-0.2, -0.15) is 0 Å². The lowest BCUT2D eigenvalue weighted by Crippen LogP contribution is -2.36. The highest BCUT2D eigenvalue weighted by atomic mass is 35.5. The van der Waals surface area contributed by atoms with Crippen LogP contribution in [-0.2, 0) is 14.3 Å². The van der Waals surface area contributed by atoms with Crippen LogP contribution in [0.3, 0.4) is 0 Å². The second kappa shape index (κ2) is 8.65. The highest BCUT2D eigenvalue weighted by Crippen LogP contribution is 2.35. The maximum Gasteiger partial charge on any atom is 0.344 e. The van der Waals surface area contributed by atoms with Crippen LogP contribution in [0.2, 0.25) is 5.02 Å². The van der Waals surface area contributed by atoms with Crippen molar-refractivity contribution in [3.8, 4) is 0 Å². The predicted octanol–water partition coefficient (Wildman–Crippen LogP) is 4.64. The molecule has 0 saturated heterocycles. The largest absolute Gasteiger partial charge is 0.460 e. The van der Waals surface area contributed by atoms with E-state index in [1.54, 1.807) is 0 Å². The van der Waals surface area contributed by atoms with Gasteiger partial charge in [-0.3, -0.25) is 0 Å². The van der Waals surface area contributed by atoms with Crippen LogP contribution in [0.4, 0.5) is 4.39 Å². The Morgan fingerprint density at radius 1 is 1.32 bits per heavy atom. The van der Waals surface area contributed by atoms with Crippen molar-refractivity contribution in [2.75, 3.05) is 6.61 Å². The minimum atomic E-state index is -0.778. The molecule has 0 amide bonds. The summed E-state index contributed by atoms with van der Waals surface area (Å²) in [5, 5.41) is -0.0562. The Morgan fingerprint density at radius 3 is 2.68 bits per heavy atom. The third kappa shape index (κ3) is 5.43. The van der Waals surface area contributed by atoms with Crippen LogP contribution in [0.25, 0.3) is 0 Å². The van der Waals surface area contributed by atoms with Gasteiger partial charge in [0.2, 0.25) is 0 Å². The molecule has 4 nitrogen and oxygen atoms in total. The Hall–Kier alpha value is -1.62. The van der Waals surface area contributed by atoms with Crippen molar-refractivity contribution >= 4 is 23.5 Å². The fourth-order valence-electron chi connectivity index (χ4n) is 3.31. The smallest absolute Gasteiger partial charge is 0.344 e. The van der Waals surface area contributed by atoms with Crippen molar-refractivity contribution in [2.24, 2.45) is 17.8 Å². The Balaban J connectivity index is 1.90. The van der Waals surface area contributed by atoms with Crippen LogP contribution < -0.4 is 0 Å². The molecular weight excluding hydrogens is 347 g/mol. The summed E-state index contributed by atoms with van der Waals surface area (Å²) >= 11 is 5.81. The first kappa shape index (κ1) is 19.7. The number of hydrogen-bond donors (Lipinski definition) is 0. The van der Waals surface area contributed by atoms with Crippen molar-refractivity contribution in [1.82, 2.24) is 0 Å². The fourth-order valence-corrected chi connectivity index (χ4v) is 3.55. The SMILES string of the molecule is CC(C)[C@@H]1CC[C@H](C)C[C@@H]1OC(=O)COC(=O)c1ccc(F)cc1Cl. The molecule has 0 bridgehead atoms. The van der Waals surface area contributed by atoms with E-state index in [4.69, 9.17) is 21.1 Å². The van der Waals surface area contributed by atoms with Crippen molar-refractivity contribution in [3.05, 3.63) is 34.6 Å². The first-order valence-electron chi connectivity index (χ1n) is 8.59. The van der Waals surface area contributed by atoms with Crippen molar-refractivity contribution in [2.45, 2.75) is 46.1 Å². The zero-order valence-electron chi connectivity index (χ0n) is 14.8. The lowest BCUT2D eigenvalue weighted by Gasteiger charge is -2.36. The molecular formula is C19H24ClFO4. The molecule has 0 heterocycles. The van der Waals surface area contributed by atoms with E-state index in [1.807, 2.05) is 0 Å². The molecule has 1 fully saturated rings. The summed E-state index contributed by atoms with van der Waals surface area (Å²) in [7, 11) is 0. The third-order valence-electron chi connectivity index (χ3n) is 4.72. The number of rotatable bonds is 5. The van der Waals surface area contributed by atoms with Gasteiger partial charge in [0.15, 0.2) is 6.61 Å². The van der Waals surface area contributed by atoms with Crippen LogP contribution in [-0.4, -0.2) is 24.6 Å². The molecule has 1 aromatic rings. The fraction of sp³-hybridized carbons (Fsp3) is 0.579. The molecule has 1 aliphatic carbocycles. The van der Waals surface area contributed by atoms with E-state index in [2.05, 4.69) is 20.8 Å². The number of hydrogen-bond acceptors (Lipinski definition) is 4. The van der Waals surface area contributed by atoms with E-state index in [0.717, 1.165) is 31.4 Å². The van der Waals surface area contributed by atoms with E-state index in [-0.39, 0.29) is 16.7 Å². The maximum absolute atomic E-state index is 13.0. The molecule has 0 unspecified atom stereocenters. The van der Waals surface area contributed by atoms with Gasteiger partial charge < -0.3 is 9.47 Å². The van der Waals surface area contributed by atoms with Gasteiger partial charge in [-0.1, -0.05) is 38.8 Å². The zero-order valence-corrected chi connectivity index (χ0v) is 15.5. The molecule has 0 N–H and O–H groups in total. The van der Waals surface area contributed by atoms with Gasteiger partial charge in [-0.15, -0.1) is 0 Å². The van der Waals surface area contributed by atoms with Gasteiger partial charge in [-0.25, -0.2) is 14.0 Å². The molecule has 1 aliphatic rings. The summed E-state index contributed by atoms with van der Waals surface area (Å²) in [5.41, 5.74) is 0.0159. The van der Waals surface area contributed by atoms with Gasteiger partial charge in [-0.05, 0) is 48.8 Å². The van der Waals surface area contributed by atoms with Crippen LogP contribution in [0.1, 0.15) is 50.4 Å². The van der Waals surface area contributed by atoms with Crippen molar-refractivity contribution in [1.29, 1.82) is 0 Å². The minimum absolute atomic E-state index is 0.0159. The molecule has 138 valence electrons. The highest BCUT2D eigenvalue weighted by Gasteiger charge is 2.33. The first-order valence-corrected chi connectivity index (χ1v) is 8.97. The number of benzene rings is 1. The van der Waals surface area contributed by atoms with Crippen molar-refractivity contribution in [3.63, 3.8) is 0 Å². The lowest BCUT2D eigenvalue weighted by molar-refractivity contribution is -0.159. The summed E-state index contributed by atoms with van der Waals surface area (Å²) in [6.45, 7) is 5.91. The standard InChI is InChI=1S/C19H24ClFO4/c1-11(2)14-6-4-12(3)8-17(14)25-18(22)10-24-19(23)15-7-5-13(21)9-16(15)20/h5,7,9,11-12,14,17H,4,6,8,10H2,1-3H3/t12-,14-,17-/m0/s1. The Labute approximate surface area is 152 Å². The monoisotopic (exact) mass is 370 g/mol. The number of ether oxygens (including phenoxy) is 2. The van der Waals surface area contributed by atoms with Gasteiger partial charge in [0.25, 0.3) is 0 Å². The second-order valence-electron chi connectivity index (χ2n) is 7.05. The Kier molecular flexibility index (Phi) is 6.82. The summed E-state index contributed by atoms with van der Waals surface area (Å²) in [5.74, 6) is -0.649. The van der Waals surface area contributed by atoms with E-state index >= 15 is 0 Å². The number of carbonyl (C=O) groups is 2. The van der Waals surface area contributed by atoms with Crippen LogP contribution >= 0.6 is 11.6 Å². The summed E-state index contributed by atoms with van der Waals surface area (Å²) in [4.78, 5) is 24.0. The summed E-state index contributed by atoms with van der Waals surface area (Å²) < 4.78 is 23.5. The van der Waals surface area contributed by atoms with E-state index in [0.29, 0.717) is 17.8 Å². The van der Waals surface area contributed by atoms with Crippen LogP contribution in [0, 0.1) is 23.6 Å². The third-order valence-corrected chi connectivity index (χ3v) is 5.03. The summed E-state index contributed by atoms with van der Waals surface area (Å²) in [6, 6.07) is 3.35. The zero-order chi connectivity index (χ0) is 18.6. The Morgan fingerprint density at radius 2 is 2.04 bits per heavy atom. The molecule has 2 rings (SSSR count). The average molecular weight is 371 g/mol.